The number of sulfonamides is 1. The minimum atomic E-state index is -3.50. The molecule has 1 fully saturated rings. The first-order chi connectivity index (χ1) is 14.7. The number of nitrogens with one attached hydrogen (secondary N) is 2. The number of thiocarbonyl (C=S) groups is 1. The zero-order chi connectivity index (χ0) is 22.4. The number of hydrogen-bond donors (Lipinski definition) is 2. The van der Waals surface area contributed by atoms with Crippen molar-refractivity contribution in [2.24, 2.45) is 5.92 Å². The normalized spacial score (nSPS) is 15.7. The van der Waals surface area contributed by atoms with Gasteiger partial charge in [-0.2, -0.15) is 4.31 Å². The summed E-state index contributed by atoms with van der Waals surface area (Å²) in [5, 5.41) is 6.17. The predicted octanol–water partition coefficient (Wildman–Crippen LogP) is 4.29. The Hall–Kier alpha value is -2.26. The van der Waals surface area contributed by atoms with Crippen LogP contribution in [0.3, 0.4) is 0 Å². The van der Waals surface area contributed by atoms with Crippen molar-refractivity contribution >= 4 is 56.6 Å². The summed E-state index contributed by atoms with van der Waals surface area (Å²) in [5.41, 5.74) is 1.41. The summed E-state index contributed by atoms with van der Waals surface area (Å²) in [7, 11) is -3.50. The van der Waals surface area contributed by atoms with Gasteiger partial charge in [-0.3, -0.25) is 10.1 Å². The fraction of sp³-hybridized carbons (Fsp3) is 0.273. The van der Waals surface area contributed by atoms with Crippen LogP contribution in [0.15, 0.2) is 59.5 Å². The van der Waals surface area contributed by atoms with E-state index in [1.54, 1.807) is 54.6 Å². The first kappa shape index (κ1) is 23.4. The maximum absolute atomic E-state index is 12.8. The average Bonchev–Trinajstić information content (AvgIpc) is 2.74. The van der Waals surface area contributed by atoms with Gasteiger partial charge in [0.25, 0.3) is 0 Å². The van der Waals surface area contributed by atoms with Crippen LogP contribution in [0.5, 0.6) is 0 Å². The second-order valence-electron chi connectivity index (χ2n) is 7.44. The quantitative estimate of drug-likeness (QED) is 0.496. The molecule has 1 aliphatic rings. The Bertz CT molecular complexity index is 1060. The summed E-state index contributed by atoms with van der Waals surface area (Å²) in [6, 6.07) is 13.4. The summed E-state index contributed by atoms with van der Waals surface area (Å²) < 4.78 is 27.1. The Balaban J connectivity index is 1.54. The van der Waals surface area contributed by atoms with Crippen molar-refractivity contribution in [1.29, 1.82) is 0 Å². The molecule has 1 amide bonds. The fourth-order valence-corrected chi connectivity index (χ4v) is 4.96. The van der Waals surface area contributed by atoms with E-state index in [-0.39, 0.29) is 15.9 Å². The van der Waals surface area contributed by atoms with Crippen molar-refractivity contribution in [3.05, 3.63) is 65.2 Å². The SMILES string of the molecule is CC1CCN(S(=O)(=O)c2ccc(NC(=S)NC(=O)/C=C/c3ccc(Cl)cc3)cc2)CC1. The number of benzene rings is 2. The maximum atomic E-state index is 12.8. The van der Waals surface area contributed by atoms with Crippen molar-refractivity contribution in [2.75, 3.05) is 18.4 Å². The van der Waals surface area contributed by atoms with Crippen LogP contribution < -0.4 is 10.6 Å². The standard InChI is InChI=1S/C22H24ClN3O3S2/c1-16-12-14-26(15-13-16)31(28,29)20-9-7-19(8-10-20)24-22(30)25-21(27)11-4-17-2-5-18(23)6-3-17/h2-11,16H,12-15H2,1H3,(H2,24,25,27,30)/b11-4+. The molecular formula is C22H24ClN3O3S2. The molecule has 0 unspecified atom stereocenters. The molecule has 0 atom stereocenters. The molecule has 0 aliphatic carbocycles. The molecule has 9 heteroatoms. The van der Waals surface area contributed by atoms with Crippen LogP contribution in [0.2, 0.25) is 5.02 Å². The number of anilines is 1. The highest BCUT2D eigenvalue weighted by molar-refractivity contribution is 7.89. The summed E-state index contributed by atoms with van der Waals surface area (Å²) in [4.78, 5) is 12.3. The molecule has 31 heavy (non-hydrogen) atoms. The fourth-order valence-electron chi connectivity index (χ4n) is 3.15. The van der Waals surface area contributed by atoms with Crippen molar-refractivity contribution in [3.8, 4) is 0 Å². The largest absolute Gasteiger partial charge is 0.332 e. The van der Waals surface area contributed by atoms with Gasteiger partial charge in [-0.1, -0.05) is 30.7 Å². The Morgan fingerprint density at radius 2 is 1.71 bits per heavy atom. The average molecular weight is 478 g/mol. The van der Waals surface area contributed by atoms with Crippen LogP contribution in [0, 0.1) is 5.92 Å². The number of amides is 1. The Morgan fingerprint density at radius 1 is 1.10 bits per heavy atom. The summed E-state index contributed by atoms with van der Waals surface area (Å²) in [6.45, 7) is 3.23. The van der Waals surface area contributed by atoms with Gasteiger partial charge < -0.3 is 5.32 Å². The van der Waals surface area contributed by atoms with E-state index in [0.29, 0.717) is 29.7 Å². The van der Waals surface area contributed by atoms with Crippen molar-refractivity contribution in [3.63, 3.8) is 0 Å². The van der Waals surface area contributed by atoms with Gasteiger partial charge in [0.15, 0.2) is 5.11 Å². The van der Waals surface area contributed by atoms with E-state index in [1.165, 1.54) is 10.4 Å². The van der Waals surface area contributed by atoms with Gasteiger partial charge in [0.1, 0.15) is 0 Å². The van der Waals surface area contributed by atoms with Gasteiger partial charge in [-0.15, -0.1) is 0 Å². The number of nitrogens with zero attached hydrogens (tertiary/aromatic N) is 1. The van der Waals surface area contributed by atoms with Crippen LogP contribution in [0.25, 0.3) is 6.08 Å². The molecule has 0 radical (unpaired) electrons. The van der Waals surface area contributed by atoms with Crippen molar-refractivity contribution in [1.82, 2.24) is 9.62 Å². The second-order valence-corrected chi connectivity index (χ2v) is 10.2. The van der Waals surface area contributed by atoms with E-state index in [2.05, 4.69) is 17.6 Å². The number of piperidine rings is 1. The molecule has 2 N–H and O–H groups in total. The molecule has 0 aromatic heterocycles. The van der Waals surface area contributed by atoms with E-state index in [0.717, 1.165) is 18.4 Å². The van der Waals surface area contributed by atoms with E-state index >= 15 is 0 Å². The highest BCUT2D eigenvalue weighted by Gasteiger charge is 2.27. The molecule has 1 heterocycles. The maximum Gasteiger partial charge on any atom is 0.250 e. The number of rotatable bonds is 5. The molecular weight excluding hydrogens is 454 g/mol. The van der Waals surface area contributed by atoms with Gasteiger partial charge >= 0.3 is 0 Å². The van der Waals surface area contributed by atoms with Crippen LogP contribution >= 0.6 is 23.8 Å². The van der Waals surface area contributed by atoms with Crippen molar-refractivity contribution < 1.29 is 13.2 Å². The zero-order valence-corrected chi connectivity index (χ0v) is 19.4. The topological polar surface area (TPSA) is 78.5 Å². The van der Waals surface area contributed by atoms with E-state index in [4.69, 9.17) is 23.8 Å². The summed E-state index contributed by atoms with van der Waals surface area (Å²) in [5.74, 6) is 0.168. The minimum absolute atomic E-state index is 0.117. The third kappa shape index (κ3) is 6.61. The molecule has 0 spiro atoms. The Labute approximate surface area is 193 Å². The first-order valence-corrected chi connectivity index (χ1v) is 12.1. The minimum Gasteiger partial charge on any atom is -0.332 e. The third-order valence-electron chi connectivity index (χ3n) is 5.03. The Kier molecular flexibility index (Phi) is 7.83. The zero-order valence-electron chi connectivity index (χ0n) is 17.0. The van der Waals surface area contributed by atoms with Gasteiger partial charge in [0, 0.05) is 29.9 Å². The summed E-state index contributed by atoms with van der Waals surface area (Å²) in [6.07, 6.45) is 4.76. The van der Waals surface area contributed by atoms with Crippen LogP contribution in [-0.4, -0.2) is 36.8 Å². The van der Waals surface area contributed by atoms with E-state index in [1.807, 2.05) is 0 Å². The van der Waals surface area contributed by atoms with Gasteiger partial charge in [0.05, 0.1) is 4.90 Å². The summed E-state index contributed by atoms with van der Waals surface area (Å²) >= 11 is 11.0. The smallest absolute Gasteiger partial charge is 0.250 e. The number of carbonyl (C=O) groups excluding carboxylic acids is 1. The lowest BCUT2D eigenvalue weighted by Crippen LogP contribution is -2.37. The molecule has 3 rings (SSSR count). The molecule has 2 aromatic carbocycles. The molecule has 1 saturated heterocycles. The van der Waals surface area contributed by atoms with E-state index in [9.17, 15) is 13.2 Å². The van der Waals surface area contributed by atoms with Crippen molar-refractivity contribution in [2.45, 2.75) is 24.7 Å². The number of halogens is 1. The first-order valence-electron chi connectivity index (χ1n) is 9.90. The van der Waals surface area contributed by atoms with Gasteiger partial charge in [0.2, 0.25) is 15.9 Å². The number of carbonyl (C=O) groups is 1. The van der Waals surface area contributed by atoms with Crippen LogP contribution in [0.1, 0.15) is 25.3 Å². The highest BCUT2D eigenvalue weighted by Crippen LogP contribution is 2.24. The Morgan fingerprint density at radius 3 is 2.32 bits per heavy atom. The predicted molar refractivity (Wildman–Crippen MR) is 128 cm³/mol. The monoisotopic (exact) mass is 477 g/mol. The lowest BCUT2D eigenvalue weighted by molar-refractivity contribution is -0.115. The molecule has 6 nitrogen and oxygen atoms in total. The highest BCUT2D eigenvalue weighted by atomic mass is 35.5. The lowest BCUT2D eigenvalue weighted by atomic mass is 10.0. The number of hydrogen-bond acceptors (Lipinski definition) is 4. The molecule has 1 aliphatic heterocycles. The third-order valence-corrected chi connectivity index (χ3v) is 7.40. The van der Waals surface area contributed by atoms with Gasteiger partial charge in [-0.05, 0) is 79.0 Å². The second kappa shape index (κ2) is 10.4. The molecule has 0 bridgehead atoms. The molecule has 2 aromatic rings. The molecule has 164 valence electrons. The van der Waals surface area contributed by atoms with Gasteiger partial charge in [-0.25, -0.2) is 8.42 Å². The van der Waals surface area contributed by atoms with Crippen LogP contribution in [0.4, 0.5) is 5.69 Å². The lowest BCUT2D eigenvalue weighted by Gasteiger charge is -2.29. The van der Waals surface area contributed by atoms with E-state index < -0.39 is 10.0 Å². The molecule has 0 saturated carbocycles. The van der Waals surface area contributed by atoms with Crippen LogP contribution in [-0.2, 0) is 14.8 Å².